The SMILES string of the molecule is SC1Cn2cnc[n+]2C1.[Cl-]. The molecular formula is C5H8ClN3S. The molecule has 1 aromatic heterocycles. The van der Waals surface area contributed by atoms with E-state index in [9.17, 15) is 0 Å². The lowest BCUT2D eigenvalue weighted by atomic mass is 10.4. The minimum Gasteiger partial charge on any atom is -1.00 e. The highest BCUT2D eigenvalue weighted by molar-refractivity contribution is 7.80. The molecule has 0 saturated carbocycles. The summed E-state index contributed by atoms with van der Waals surface area (Å²) in [6.07, 6.45) is 3.66. The van der Waals surface area contributed by atoms with Gasteiger partial charge in [-0.25, -0.2) is 0 Å². The maximum atomic E-state index is 4.33. The van der Waals surface area contributed by atoms with E-state index in [0.717, 1.165) is 13.1 Å². The molecule has 0 atom stereocenters. The van der Waals surface area contributed by atoms with Crippen LogP contribution in [0.5, 0.6) is 0 Å². The largest absolute Gasteiger partial charge is 1.00 e. The highest BCUT2D eigenvalue weighted by atomic mass is 35.5. The summed E-state index contributed by atoms with van der Waals surface area (Å²) in [5, 5.41) is 0.480. The van der Waals surface area contributed by atoms with Crippen LogP contribution in [0.3, 0.4) is 0 Å². The Morgan fingerprint density at radius 3 is 3.20 bits per heavy atom. The number of nitrogens with zero attached hydrogens (tertiary/aromatic N) is 3. The van der Waals surface area contributed by atoms with E-state index in [1.54, 1.807) is 0 Å². The minimum absolute atomic E-state index is 0. The summed E-state index contributed by atoms with van der Waals surface area (Å²) in [5.41, 5.74) is 0. The molecule has 1 aliphatic rings. The molecule has 0 spiro atoms. The van der Waals surface area contributed by atoms with Crippen molar-refractivity contribution in [2.45, 2.75) is 18.3 Å². The molecule has 0 N–H and O–H groups in total. The third-order valence-electron chi connectivity index (χ3n) is 1.53. The summed E-state index contributed by atoms with van der Waals surface area (Å²) in [7, 11) is 0. The van der Waals surface area contributed by atoms with Crippen LogP contribution in [0.4, 0.5) is 0 Å². The summed E-state index contributed by atoms with van der Waals surface area (Å²) in [4.78, 5) is 3.97. The maximum Gasteiger partial charge on any atom is 0.306 e. The smallest absolute Gasteiger partial charge is 0.306 e. The number of hydrogen-bond donors (Lipinski definition) is 1. The number of halogens is 1. The summed E-state index contributed by atoms with van der Waals surface area (Å²) >= 11 is 4.33. The van der Waals surface area contributed by atoms with Gasteiger partial charge in [-0.15, -0.1) is 0 Å². The van der Waals surface area contributed by atoms with Crippen LogP contribution in [-0.2, 0) is 13.1 Å². The second-order valence-electron chi connectivity index (χ2n) is 2.28. The Kier molecular flexibility index (Phi) is 2.21. The Bertz CT molecular complexity index is 204. The van der Waals surface area contributed by atoms with E-state index in [1.165, 1.54) is 0 Å². The fourth-order valence-corrected chi connectivity index (χ4v) is 1.44. The van der Waals surface area contributed by atoms with Gasteiger partial charge >= 0.3 is 6.33 Å². The standard InChI is InChI=1S/C5H7N3S.ClH/c9-5-1-7-3-6-4-8(7)2-5;/h3-5H,1-2H2;1H. The highest BCUT2D eigenvalue weighted by Gasteiger charge is 2.21. The third-order valence-corrected chi connectivity index (χ3v) is 1.85. The van der Waals surface area contributed by atoms with Gasteiger partial charge < -0.3 is 12.4 Å². The maximum absolute atomic E-state index is 4.33. The molecular weight excluding hydrogens is 170 g/mol. The normalized spacial score (nSPS) is 21.9. The molecule has 0 amide bonds. The average molecular weight is 178 g/mol. The predicted octanol–water partition coefficient (Wildman–Crippen LogP) is -3.51. The van der Waals surface area contributed by atoms with E-state index >= 15 is 0 Å². The highest BCUT2D eigenvalue weighted by Crippen LogP contribution is 2.03. The van der Waals surface area contributed by atoms with Crippen LogP contribution in [0.1, 0.15) is 0 Å². The van der Waals surface area contributed by atoms with Crippen LogP contribution in [0, 0.1) is 0 Å². The van der Waals surface area contributed by atoms with Crippen LogP contribution in [0.15, 0.2) is 12.7 Å². The minimum atomic E-state index is 0. The Morgan fingerprint density at radius 2 is 2.50 bits per heavy atom. The van der Waals surface area contributed by atoms with Gasteiger partial charge in [0.2, 0.25) is 6.33 Å². The van der Waals surface area contributed by atoms with E-state index in [-0.39, 0.29) is 12.4 Å². The van der Waals surface area contributed by atoms with Gasteiger partial charge in [0, 0.05) is 0 Å². The van der Waals surface area contributed by atoms with E-state index in [1.807, 2.05) is 12.7 Å². The van der Waals surface area contributed by atoms with Gasteiger partial charge in [-0.2, -0.15) is 22.0 Å². The molecule has 0 aliphatic carbocycles. The van der Waals surface area contributed by atoms with E-state index in [0.29, 0.717) is 5.25 Å². The zero-order chi connectivity index (χ0) is 6.27. The van der Waals surface area contributed by atoms with Crippen LogP contribution in [0.25, 0.3) is 0 Å². The lowest BCUT2D eigenvalue weighted by Crippen LogP contribution is -3.00. The molecule has 5 heteroatoms. The van der Waals surface area contributed by atoms with Crippen LogP contribution < -0.4 is 17.1 Å². The molecule has 1 aromatic rings. The lowest BCUT2D eigenvalue weighted by Gasteiger charge is -1.87. The third kappa shape index (κ3) is 1.13. The number of hydrogen-bond acceptors (Lipinski definition) is 2. The van der Waals surface area contributed by atoms with Crippen molar-refractivity contribution in [3.63, 3.8) is 0 Å². The van der Waals surface area contributed by atoms with Crippen molar-refractivity contribution in [3.8, 4) is 0 Å². The molecule has 1 aliphatic heterocycles. The Hall–Kier alpha value is -0.220. The first-order valence-electron chi connectivity index (χ1n) is 2.94. The topological polar surface area (TPSA) is 21.7 Å². The van der Waals surface area contributed by atoms with E-state index < -0.39 is 0 Å². The number of fused-ring (bicyclic) bond motifs is 1. The molecule has 3 nitrogen and oxygen atoms in total. The van der Waals surface area contributed by atoms with Crippen LogP contribution in [0.2, 0.25) is 0 Å². The molecule has 0 bridgehead atoms. The predicted molar refractivity (Wildman–Crippen MR) is 35.2 cm³/mol. The molecule has 0 saturated heterocycles. The van der Waals surface area contributed by atoms with Gasteiger partial charge in [-0.05, 0) is 4.98 Å². The molecule has 56 valence electrons. The first kappa shape index (κ1) is 7.88. The number of aromatic nitrogens is 3. The van der Waals surface area contributed by atoms with Gasteiger partial charge in [0.1, 0.15) is 6.54 Å². The molecule has 10 heavy (non-hydrogen) atoms. The molecule has 0 radical (unpaired) electrons. The number of thiol groups is 1. The fraction of sp³-hybridized carbons (Fsp3) is 0.600. The van der Waals surface area contributed by atoms with Crippen molar-refractivity contribution < 1.29 is 17.1 Å². The van der Waals surface area contributed by atoms with Crippen LogP contribution in [-0.4, -0.2) is 14.9 Å². The van der Waals surface area contributed by atoms with E-state index in [4.69, 9.17) is 0 Å². The van der Waals surface area contributed by atoms with Crippen molar-refractivity contribution in [2.24, 2.45) is 0 Å². The first-order chi connectivity index (χ1) is 4.36. The zero-order valence-electron chi connectivity index (χ0n) is 5.31. The summed E-state index contributed by atoms with van der Waals surface area (Å²) in [5.74, 6) is 0. The van der Waals surface area contributed by atoms with Gasteiger partial charge in [0.25, 0.3) is 0 Å². The van der Waals surface area contributed by atoms with Crippen LogP contribution >= 0.6 is 12.6 Å². The van der Waals surface area contributed by atoms with E-state index in [2.05, 4.69) is 27.0 Å². The monoisotopic (exact) mass is 177 g/mol. The Balaban J connectivity index is 0.000000500. The fourth-order valence-electron chi connectivity index (χ4n) is 1.11. The van der Waals surface area contributed by atoms with Crippen molar-refractivity contribution in [1.82, 2.24) is 9.67 Å². The van der Waals surface area contributed by atoms with Gasteiger partial charge in [-0.3, -0.25) is 0 Å². The molecule has 0 aromatic carbocycles. The molecule has 0 fully saturated rings. The second kappa shape index (κ2) is 2.80. The zero-order valence-corrected chi connectivity index (χ0v) is 6.96. The average Bonchev–Trinajstić information content (AvgIpc) is 2.22. The second-order valence-corrected chi connectivity index (χ2v) is 3.01. The summed E-state index contributed by atoms with van der Waals surface area (Å²) in [6.45, 7) is 1.98. The van der Waals surface area contributed by atoms with Crippen molar-refractivity contribution >= 4 is 12.6 Å². The van der Waals surface area contributed by atoms with Crippen molar-refractivity contribution in [2.75, 3.05) is 0 Å². The lowest BCUT2D eigenvalue weighted by molar-refractivity contribution is -0.758. The summed E-state index contributed by atoms with van der Waals surface area (Å²) in [6, 6.07) is 0. The van der Waals surface area contributed by atoms with Gasteiger partial charge in [-0.1, -0.05) is 0 Å². The molecule has 2 heterocycles. The molecule has 0 unspecified atom stereocenters. The molecule has 2 rings (SSSR count). The Labute approximate surface area is 70.9 Å². The summed E-state index contributed by atoms with van der Waals surface area (Å²) < 4.78 is 4.13. The quantitative estimate of drug-likeness (QED) is 0.322. The van der Waals surface area contributed by atoms with Crippen molar-refractivity contribution in [1.29, 1.82) is 0 Å². The van der Waals surface area contributed by atoms with Crippen molar-refractivity contribution in [3.05, 3.63) is 12.7 Å². The first-order valence-corrected chi connectivity index (χ1v) is 3.46. The Morgan fingerprint density at radius 1 is 1.70 bits per heavy atom. The van der Waals surface area contributed by atoms with Gasteiger partial charge in [0.05, 0.1) is 11.8 Å². The van der Waals surface area contributed by atoms with Gasteiger partial charge in [0.15, 0.2) is 0 Å². The number of rotatable bonds is 0.